The minimum atomic E-state index is -0.214. The van der Waals surface area contributed by atoms with Gasteiger partial charge in [0, 0.05) is 29.6 Å². The molecular weight excluding hydrogens is 250 g/mol. The molecule has 0 aliphatic rings. The van der Waals surface area contributed by atoms with Gasteiger partial charge in [-0.05, 0) is 20.8 Å². The second-order valence-electron chi connectivity index (χ2n) is 5.09. The van der Waals surface area contributed by atoms with E-state index in [-0.39, 0.29) is 11.6 Å². The van der Waals surface area contributed by atoms with Crippen molar-refractivity contribution in [2.45, 2.75) is 32.7 Å². The number of urea groups is 1. The molecule has 0 bridgehead atoms. The molecule has 18 heavy (non-hydrogen) atoms. The summed E-state index contributed by atoms with van der Waals surface area (Å²) < 4.78 is 1.94. The van der Waals surface area contributed by atoms with Crippen LogP contribution in [0.3, 0.4) is 0 Å². The van der Waals surface area contributed by atoms with Crippen molar-refractivity contribution in [2.24, 2.45) is 0 Å². The Kier molecular flexibility index (Phi) is 3.51. The van der Waals surface area contributed by atoms with Crippen LogP contribution in [0.5, 0.6) is 0 Å². The second kappa shape index (κ2) is 4.93. The van der Waals surface area contributed by atoms with Crippen molar-refractivity contribution in [3.63, 3.8) is 0 Å². The fourth-order valence-corrected chi connectivity index (χ4v) is 2.39. The molecule has 2 rings (SSSR count). The maximum Gasteiger partial charge on any atom is 0.315 e. The molecule has 7 heteroatoms. The molecule has 0 radical (unpaired) electrons. The van der Waals surface area contributed by atoms with Crippen molar-refractivity contribution in [3.05, 3.63) is 17.4 Å². The second-order valence-corrected chi connectivity index (χ2v) is 5.93. The average Bonchev–Trinajstić information content (AvgIpc) is 2.79. The Bertz CT molecular complexity index is 539. The topological polar surface area (TPSA) is 71.3 Å². The third kappa shape index (κ3) is 3.19. The van der Waals surface area contributed by atoms with Gasteiger partial charge in [0.2, 0.25) is 4.96 Å². The lowest BCUT2D eigenvalue weighted by atomic mass is 10.1. The third-order valence-corrected chi connectivity index (χ3v) is 3.16. The van der Waals surface area contributed by atoms with Gasteiger partial charge in [-0.15, -0.1) is 21.5 Å². The van der Waals surface area contributed by atoms with Gasteiger partial charge < -0.3 is 10.6 Å². The van der Waals surface area contributed by atoms with Crippen LogP contribution in [0.2, 0.25) is 0 Å². The van der Waals surface area contributed by atoms with E-state index in [2.05, 4.69) is 20.8 Å². The van der Waals surface area contributed by atoms with Gasteiger partial charge in [0.25, 0.3) is 0 Å². The number of thiazole rings is 1. The van der Waals surface area contributed by atoms with Gasteiger partial charge in [0.1, 0.15) is 6.33 Å². The van der Waals surface area contributed by atoms with Gasteiger partial charge in [0.05, 0.1) is 0 Å². The van der Waals surface area contributed by atoms with Crippen molar-refractivity contribution in [3.8, 4) is 0 Å². The Morgan fingerprint density at radius 3 is 3.00 bits per heavy atom. The van der Waals surface area contributed by atoms with Crippen LogP contribution in [-0.2, 0) is 6.42 Å². The van der Waals surface area contributed by atoms with Gasteiger partial charge in [0.15, 0.2) is 0 Å². The van der Waals surface area contributed by atoms with Gasteiger partial charge in [-0.3, -0.25) is 4.40 Å². The molecule has 2 aromatic heterocycles. The number of rotatable bonds is 3. The Hall–Kier alpha value is -1.63. The number of carbonyl (C=O) groups is 1. The molecule has 2 amide bonds. The fraction of sp³-hybridized carbons (Fsp3) is 0.545. The van der Waals surface area contributed by atoms with Crippen LogP contribution in [-0.4, -0.2) is 32.7 Å². The quantitative estimate of drug-likeness (QED) is 0.883. The standard InChI is InChI=1S/C11H17N5OS/c1-11(2,3)14-9(17)12-5-4-8-6-18-10-15-13-7-16(8)10/h6-7H,4-5H2,1-3H3,(H2,12,14,17). The molecule has 2 N–H and O–H groups in total. The van der Waals surface area contributed by atoms with E-state index in [9.17, 15) is 4.79 Å². The Morgan fingerprint density at radius 2 is 2.28 bits per heavy atom. The summed E-state index contributed by atoms with van der Waals surface area (Å²) >= 11 is 1.55. The number of hydrogen-bond donors (Lipinski definition) is 2. The molecule has 0 saturated heterocycles. The first kappa shape index (κ1) is 12.8. The Balaban J connectivity index is 1.83. The molecular formula is C11H17N5OS. The summed E-state index contributed by atoms with van der Waals surface area (Å²) in [6.07, 6.45) is 2.45. The fourth-order valence-electron chi connectivity index (χ4n) is 1.55. The molecule has 0 aromatic carbocycles. The molecule has 0 aliphatic heterocycles. The first-order chi connectivity index (χ1) is 8.46. The van der Waals surface area contributed by atoms with E-state index in [1.165, 1.54) is 0 Å². The summed E-state index contributed by atoms with van der Waals surface area (Å²) in [4.78, 5) is 12.4. The summed E-state index contributed by atoms with van der Waals surface area (Å²) in [5.74, 6) is 0. The number of carbonyl (C=O) groups excluding carboxylic acids is 1. The van der Waals surface area contributed by atoms with Crippen molar-refractivity contribution in [1.29, 1.82) is 0 Å². The number of amides is 2. The maximum absolute atomic E-state index is 11.5. The van der Waals surface area contributed by atoms with E-state index in [0.29, 0.717) is 6.54 Å². The Morgan fingerprint density at radius 1 is 1.50 bits per heavy atom. The van der Waals surface area contributed by atoms with Crippen LogP contribution in [0.15, 0.2) is 11.7 Å². The minimum Gasteiger partial charge on any atom is -0.338 e. The van der Waals surface area contributed by atoms with E-state index in [4.69, 9.17) is 0 Å². The van der Waals surface area contributed by atoms with E-state index in [1.807, 2.05) is 30.6 Å². The largest absolute Gasteiger partial charge is 0.338 e. The van der Waals surface area contributed by atoms with Crippen LogP contribution in [0.1, 0.15) is 26.5 Å². The molecule has 0 aliphatic carbocycles. The predicted molar refractivity (Wildman–Crippen MR) is 70.9 cm³/mol. The molecule has 0 spiro atoms. The van der Waals surface area contributed by atoms with Gasteiger partial charge in [-0.1, -0.05) is 0 Å². The third-order valence-electron chi connectivity index (χ3n) is 2.28. The molecule has 0 saturated carbocycles. The summed E-state index contributed by atoms with van der Waals surface area (Å²) in [6, 6.07) is -0.141. The number of nitrogens with zero attached hydrogens (tertiary/aromatic N) is 3. The highest BCUT2D eigenvalue weighted by atomic mass is 32.1. The lowest BCUT2D eigenvalue weighted by Gasteiger charge is -2.20. The first-order valence-corrected chi connectivity index (χ1v) is 6.66. The van der Waals surface area contributed by atoms with E-state index in [1.54, 1.807) is 17.7 Å². The predicted octanol–water partition coefficient (Wildman–Crippen LogP) is 1.43. The number of fused-ring (bicyclic) bond motifs is 1. The molecule has 2 heterocycles. The zero-order chi connectivity index (χ0) is 13.2. The summed E-state index contributed by atoms with van der Waals surface area (Å²) in [5, 5.41) is 15.5. The number of nitrogens with one attached hydrogen (secondary N) is 2. The van der Waals surface area contributed by atoms with E-state index in [0.717, 1.165) is 17.1 Å². The smallest absolute Gasteiger partial charge is 0.315 e. The van der Waals surface area contributed by atoms with Crippen LogP contribution in [0, 0.1) is 0 Å². The Labute approximate surface area is 109 Å². The zero-order valence-corrected chi connectivity index (χ0v) is 11.5. The van der Waals surface area contributed by atoms with E-state index >= 15 is 0 Å². The lowest BCUT2D eigenvalue weighted by Crippen LogP contribution is -2.46. The zero-order valence-electron chi connectivity index (χ0n) is 10.7. The lowest BCUT2D eigenvalue weighted by molar-refractivity contribution is 0.232. The summed E-state index contributed by atoms with van der Waals surface area (Å²) in [6.45, 7) is 6.44. The number of aromatic nitrogens is 3. The molecule has 6 nitrogen and oxygen atoms in total. The monoisotopic (exact) mass is 267 g/mol. The molecule has 2 aromatic rings. The van der Waals surface area contributed by atoms with Gasteiger partial charge in [-0.25, -0.2) is 4.79 Å². The first-order valence-electron chi connectivity index (χ1n) is 5.78. The van der Waals surface area contributed by atoms with Crippen LogP contribution in [0.4, 0.5) is 4.79 Å². The van der Waals surface area contributed by atoms with Crippen LogP contribution < -0.4 is 10.6 Å². The van der Waals surface area contributed by atoms with Crippen LogP contribution in [0.25, 0.3) is 4.96 Å². The number of hydrogen-bond acceptors (Lipinski definition) is 4. The average molecular weight is 267 g/mol. The molecule has 0 atom stereocenters. The highest BCUT2D eigenvalue weighted by molar-refractivity contribution is 7.15. The highest BCUT2D eigenvalue weighted by Crippen LogP contribution is 2.13. The summed E-state index contributed by atoms with van der Waals surface area (Å²) in [5.41, 5.74) is 0.893. The van der Waals surface area contributed by atoms with Crippen molar-refractivity contribution in [2.75, 3.05) is 6.54 Å². The van der Waals surface area contributed by atoms with Gasteiger partial charge in [-0.2, -0.15) is 0 Å². The molecule has 98 valence electrons. The highest BCUT2D eigenvalue weighted by Gasteiger charge is 2.13. The van der Waals surface area contributed by atoms with Crippen LogP contribution >= 0.6 is 11.3 Å². The van der Waals surface area contributed by atoms with Crippen molar-refractivity contribution < 1.29 is 4.79 Å². The summed E-state index contributed by atoms with van der Waals surface area (Å²) in [7, 11) is 0. The minimum absolute atomic E-state index is 0.141. The van der Waals surface area contributed by atoms with Gasteiger partial charge >= 0.3 is 6.03 Å². The van der Waals surface area contributed by atoms with Crippen molar-refractivity contribution >= 4 is 22.3 Å². The SMILES string of the molecule is CC(C)(C)NC(=O)NCCc1csc2nncn12. The molecule has 0 fully saturated rings. The van der Waals surface area contributed by atoms with Crippen molar-refractivity contribution in [1.82, 2.24) is 25.2 Å². The normalized spacial score (nSPS) is 11.7. The molecule has 0 unspecified atom stereocenters. The maximum atomic E-state index is 11.5. The van der Waals surface area contributed by atoms with E-state index < -0.39 is 0 Å².